The van der Waals surface area contributed by atoms with Crippen molar-refractivity contribution in [2.45, 2.75) is 13.3 Å². The number of aryl methyl sites for hydroxylation is 1. The summed E-state index contributed by atoms with van der Waals surface area (Å²) in [7, 11) is 0. The van der Waals surface area contributed by atoms with E-state index >= 15 is 0 Å². The lowest BCUT2D eigenvalue weighted by Gasteiger charge is -2.06. The number of aromatic nitrogens is 1. The smallest absolute Gasteiger partial charge is 0.335 e. The number of hydrogen-bond donors (Lipinski definition) is 1. The van der Waals surface area contributed by atoms with Crippen LogP contribution in [0.5, 0.6) is 0 Å². The van der Waals surface area contributed by atoms with Gasteiger partial charge in [0.15, 0.2) is 0 Å². The number of hydrogen-bond acceptors (Lipinski definition) is 2. The highest BCUT2D eigenvalue weighted by molar-refractivity contribution is 5.87. The van der Waals surface area contributed by atoms with Gasteiger partial charge in [-0.05, 0) is 48.2 Å². The first-order chi connectivity index (χ1) is 8.16. The Morgan fingerprint density at radius 3 is 2.76 bits per heavy atom. The largest absolute Gasteiger partial charge is 0.478 e. The van der Waals surface area contributed by atoms with Crippen molar-refractivity contribution >= 4 is 5.97 Å². The number of aromatic carboxylic acids is 1. The molecule has 1 aromatic heterocycles. The van der Waals surface area contributed by atoms with E-state index in [1.54, 1.807) is 18.3 Å². The highest BCUT2D eigenvalue weighted by Crippen LogP contribution is 2.15. The van der Waals surface area contributed by atoms with Crippen LogP contribution in [0.3, 0.4) is 0 Å². The van der Waals surface area contributed by atoms with Gasteiger partial charge in [-0.2, -0.15) is 0 Å². The van der Waals surface area contributed by atoms with E-state index in [0.29, 0.717) is 5.56 Å². The Bertz CT molecular complexity index is 535. The zero-order valence-electron chi connectivity index (χ0n) is 9.55. The molecule has 0 bridgehead atoms. The van der Waals surface area contributed by atoms with Gasteiger partial charge < -0.3 is 5.11 Å². The number of carboxylic acid groups (broad SMARTS) is 1. The highest BCUT2D eigenvalue weighted by Gasteiger charge is 2.06. The quantitative estimate of drug-likeness (QED) is 0.877. The van der Waals surface area contributed by atoms with Crippen molar-refractivity contribution in [1.82, 2.24) is 4.98 Å². The molecule has 0 aliphatic carbocycles. The molecule has 1 N–H and O–H groups in total. The molecule has 1 heterocycles. The number of rotatable bonds is 3. The van der Waals surface area contributed by atoms with Crippen molar-refractivity contribution < 1.29 is 9.90 Å². The monoisotopic (exact) mass is 227 g/mol. The molecule has 1 aromatic carbocycles. The van der Waals surface area contributed by atoms with Crippen LogP contribution in [0.1, 0.15) is 27.0 Å². The van der Waals surface area contributed by atoms with E-state index in [-0.39, 0.29) is 0 Å². The van der Waals surface area contributed by atoms with Gasteiger partial charge in [0.25, 0.3) is 0 Å². The number of carbonyl (C=O) groups is 1. The molecule has 0 saturated heterocycles. The van der Waals surface area contributed by atoms with E-state index in [4.69, 9.17) is 5.11 Å². The van der Waals surface area contributed by atoms with E-state index in [0.717, 1.165) is 23.1 Å². The maximum Gasteiger partial charge on any atom is 0.335 e. The molecule has 0 atom stereocenters. The van der Waals surface area contributed by atoms with Crippen LogP contribution in [0.15, 0.2) is 42.7 Å². The first-order valence-electron chi connectivity index (χ1n) is 5.38. The molecule has 86 valence electrons. The lowest BCUT2D eigenvalue weighted by atomic mass is 9.99. The average molecular weight is 227 g/mol. The summed E-state index contributed by atoms with van der Waals surface area (Å²) >= 11 is 0. The Labute approximate surface area is 99.8 Å². The standard InChI is InChI=1S/C14H13NO2/c1-10-7-13(14(16)17)5-4-12(10)8-11-3-2-6-15-9-11/h2-7,9H,8H2,1H3,(H,16,17). The predicted molar refractivity (Wildman–Crippen MR) is 65.2 cm³/mol. The Balaban J connectivity index is 2.26. The molecule has 0 fully saturated rings. The molecule has 3 heteroatoms. The second-order valence-corrected chi connectivity index (χ2v) is 3.98. The third kappa shape index (κ3) is 2.69. The van der Waals surface area contributed by atoms with Gasteiger partial charge in [0.2, 0.25) is 0 Å². The van der Waals surface area contributed by atoms with Crippen LogP contribution in [-0.2, 0) is 6.42 Å². The first-order valence-corrected chi connectivity index (χ1v) is 5.38. The second-order valence-electron chi connectivity index (χ2n) is 3.98. The molecule has 0 amide bonds. The summed E-state index contributed by atoms with van der Waals surface area (Å²) in [5.74, 6) is -0.888. The fourth-order valence-electron chi connectivity index (χ4n) is 1.75. The average Bonchev–Trinajstić information content (AvgIpc) is 2.33. The minimum atomic E-state index is -0.888. The summed E-state index contributed by atoms with van der Waals surface area (Å²) in [6.45, 7) is 1.93. The van der Waals surface area contributed by atoms with Gasteiger partial charge in [0.05, 0.1) is 5.56 Å². The number of pyridine rings is 1. The lowest BCUT2D eigenvalue weighted by molar-refractivity contribution is 0.0697. The first kappa shape index (κ1) is 11.3. The molecule has 3 nitrogen and oxygen atoms in total. The van der Waals surface area contributed by atoms with E-state index < -0.39 is 5.97 Å². The van der Waals surface area contributed by atoms with Crippen LogP contribution >= 0.6 is 0 Å². The summed E-state index contributed by atoms with van der Waals surface area (Å²) < 4.78 is 0. The summed E-state index contributed by atoms with van der Waals surface area (Å²) in [5.41, 5.74) is 3.58. The molecule has 0 aliphatic heterocycles. The molecule has 17 heavy (non-hydrogen) atoms. The fourth-order valence-corrected chi connectivity index (χ4v) is 1.75. The predicted octanol–water partition coefficient (Wildman–Crippen LogP) is 2.68. The number of carboxylic acids is 1. The Morgan fingerprint density at radius 2 is 2.18 bits per heavy atom. The SMILES string of the molecule is Cc1cc(C(=O)O)ccc1Cc1cccnc1. The Morgan fingerprint density at radius 1 is 1.35 bits per heavy atom. The number of nitrogens with zero attached hydrogens (tertiary/aromatic N) is 1. The van der Waals surface area contributed by atoms with Crippen LogP contribution in [-0.4, -0.2) is 16.1 Å². The number of benzene rings is 1. The molecule has 0 radical (unpaired) electrons. The van der Waals surface area contributed by atoms with Crippen molar-refractivity contribution in [3.63, 3.8) is 0 Å². The van der Waals surface area contributed by atoms with E-state index in [1.807, 2.05) is 31.3 Å². The van der Waals surface area contributed by atoms with Crippen LogP contribution < -0.4 is 0 Å². The van der Waals surface area contributed by atoms with E-state index in [1.165, 1.54) is 0 Å². The van der Waals surface area contributed by atoms with Gasteiger partial charge in [0, 0.05) is 12.4 Å². The molecule has 0 aliphatic rings. The second kappa shape index (κ2) is 4.78. The van der Waals surface area contributed by atoms with Crippen molar-refractivity contribution in [3.8, 4) is 0 Å². The fraction of sp³-hybridized carbons (Fsp3) is 0.143. The maximum absolute atomic E-state index is 10.8. The van der Waals surface area contributed by atoms with Gasteiger partial charge in [-0.3, -0.25) is 4.98 Å². The van der Waals surface area contributed by atoms with E-state index in [2.05, 4.69) is 4.98 Å². The summed E-state index contributed by atoms with van der Waals surface area (Å²) in [5, 5.41) is 8.88. The summed E-state index contributed by atoms with van der Waals surface area (Å²) in [6, 6.07) is 9.12. The molecule has 0 saturated carbocycles. The molecular formula is C14H13NO2. The Kier molecular flexibility index (Phi) is 3.19. The minimum absolute atomic E-state index is 0.331. The highest BCUT2D eigenvalue weighted by atomic mass is 16.4. The van der Waals surface area contributed by atoms with Crippen molar-refractivity contribution in [3.05, 3.63) is 65.0 Å². The van der Waals surface area contributed by atoms with Crippen molar-refractivity contribution in [2.24, 2.45) is 0 Å². The van der Waals surface area contributed by atoms with Crippen LogP contribution in [0, 0.1) is 6.92 Å². The van der Waals surface area contributed by atoms with E-state index in [9.17, 15) is 4.79 Å². The summed E-state index contributed by atoms with van der Waals surface area (Å²) in [4.78, 5) is 14.9. The third-order valence-corrected chi connectivity index (χ3v) is 2.71. The van der Waals surface area contributed by atoms with Crippen molar-refractivity contribution in [2.75, 3.05) is 0 Å². The minimum Gasteiger partial charge on any atom is -0.478 e. The van der Waals surface area contributed by atoms with Crippen LogP contribution in [0.25, 0.3) is 0 Å². The van der Waals surface area contributed by atoms with Crippen molar-refractivity contribution in [1.29, 1.82) is 0 Å². The molecule has 2 aromatic rings. The zero-order chi connectivity index (χ0) is 12.3. The molecule has 2 rings (SSSR count). The lowest BCUT2D eigenvalue weighted by Crippen LogP contribution is -1.99. The van der Waals surface area contributed by atoms with Gasteiger partial charge in [-0.15, -0.1) is 0 Å². The Hall–Kier alpha value is -2.16. The maximum atomic E-state index is 10.8. The third-order valence-electron chi connectivity index (χ3n) is 2.71. The van der Waals surface area contributed by atoms with Crippen LogP contribution in [0.2, 0.25) is 0 Å². The normalized spacial score (nSPS) is 10.2. The van der Waals surface area contributed by atoms with Gasteiger partial charge in [-0.25, -0.2) is 4.79 Å². The topological polar surface area (TPSA) is 50.2 Å². The van der Waals surface area contributed by atoms with Gasteiger partial charge >= 0.3 is 5.97 Å². The molecule has 0 unspecified atom stereocenters. The van der Waals surface area contributed by atoms with Gasteiger partial charge in [0.1, 0.15) is 0 Å². The molecule has 0 spiro atoms. The van der Waals surface area contributed by atoms with Crippen LogP contribution in [0.4, 0.5) is 0 Å². The zero-order valence-corrected chi connectivity index (χ0v) is 9.55. The summed E-state index contributed by atoms with van der Waals surface area (Å²) in [6.07, 6.45) is 4.34. The molecular weight excluding hydrogens is 214 g/mol. The van der Waals surface area contributed by atoms with Gasteiger partial charge in [-0.1, -0.05) is 12.1 Å².